The normalized spacial score (nSPS) is 51.5. The average molecular weight is 188 g/mol. The van der Waals surface area contributed by atoms with E-state index in [1.54, 1.807) is 0 Å². The van der Waals surface area contributed by atoms with E-state index in [0.29, 0.717) is 13.2 Å². The second kappa shape index (κ2) is 3.53. The van der Waals surface area contributed by atoms with Gasteiger partial charge in [-0.3, -0.25) is 0 Å². The molecule has 1 unspecified atom stereocenters. The van der Waals surface area contributed by atoms with Gasteiger partial charge in [0, 0.05) is 5.92 Å². The molecule has 0 aromatic rings. The molecule has 0 aliphatic carbocycles. The van der Waals surface area contributed by atoms with Gasteiger partial charge in [0.1, 0.15) is 12.2 Å². The van der Waals surface area contributed by atoms with E-state index in [1.807, 2.05) is 13.8 Å². The highest BCUT2D eigenvalue weighted by Crippen LogP contribution is 2.27. The second-order valence-electron chi connectivity index (χ2n) is 3.84. The molecule has 2 rings (SSSR count). The summed E-state index contributed by atoms with van der Waals surface area (Å²) in [6, 6.07) is 0. The van der Waals surface area contributed by atoms with Crippen LogP contribution in [0.15, 0.2) is 0 Å². The van der Waals surface area contributed by atoms with Crippen molar-refractivity contribution >= 4 is 0 Å². The quantitative estimate of drug-likeness (QED) is 0.587. The Bertz CT molecular complexity index is 180. The molecule has 2 aliphatic rings. The summed E-state index contributed by atoms with van der Waals surface area (Å²) in [4.78, 5) is 0. The van der Waals surface area contributed by atoms with Crippen molar-refractivity contribution in [2.75, 3.05) is 13.2 Å². The van der Waals surface area contributed by atoms with Gasteiger partial charge in [-0.1, -0.05) is 6.92 Å². The molecule has 0 saturated carbocycles. The first-order valence-electron chi connectivity index (χ1n) is 4.75. The SMILES string of the molecule is CC1OC[C@H]2OC[C@H](C)[C@H](O)[C@H]2O1. The lowest BCUT2D eigenvalue weighted by Crippen LogP contribution is -2.56. The average Bonchev–Trinajstić information content (AvgIpc) is 2.12. The third-order valence-corrected chi connectivity index (χ3v) is 2.70. The van der Waals surface area contributed by atoms with Gasteiger partial charge >= 0.3 is 0 Å². The molecule has 0 bridgehead atoms. The number of rotatable bonds is 0. The van der Waals surface area contributed by atoms with Gasteiger partial charge < -0.3 is 19.3 Å². The molecule has 0 spiro atoms. The Morgan fingerprint density at radius 1 is 1.15 bits per heavy atom. The van der Waals surface area contributed by atoms with E-state index in [2.05, 4.69) is 0 Å². The van der Waals surface area contributed by atoms with Crippen LogP contribution in [-0.4, -0.2) is 42.9 Å². The number of fused-ring (bicyclic) bond motifs is 1. The van der Waals surface area contributed by atoms with Crippen LogP contribution >= 0.6 is 0 Å². The lowest BCUT2D eigenvalue weighted by Gasteiger charge is -2.43. The topological polar surface area (TPSA) is 47.9 Å². The van der Waals surface area contributed by atoms with Gasteiger partial charge in [0.2, 0.25) is 0 Å². The predicted molar refractivity (Wildman–Crippen MR) is 45.2 cm³/mol. The lowest BCUT2D eigenvalue weighted by molar-refractivity contribution is -0.298. The Morgan fingerprint density at radius 2 is 1.92 bits per heavy atom. The minimum absolute atomic E-state index is 0.0950. The predicted octanol–water partition coefficient (Wildman–Crippen LogP) is 0.144. The molecule has 0 amide bonds. The molecule has 2 fully saturated rings. The Labute approximate surface area is 77.8 Å². The highest BCUT2D eigenvalue weighted by Gasteiger charge is 2.42. The monoisotopic (exact) mass is 188 g/mol. The van der Waals surface area contributed by atoms with Crippen molar-refractivity contribution in [1.29, 1.82) is 0 Å². The Morgan fingerprint density at radius 3 is 2.69 bits per heavy atom. The van der Waals surface area contributed by atoms with Gasteiger partial charge in [-0.15, -0.1) is 0 Å². The number of hydrogen-bond acceptors (Lipinski definition) is 4. The minimum atomic E-state index is -0.426. The Hall–Kier alpha value is -0.160. The zero-order valence-electron chi connectivity index (χ0n) is 7.97. The number of hydrogen-bond donors (Lipinski definition) is 1. The highest BCUT2D eigenvalue weighted by atomic mass is 16.7. The third kappa shape index (κ3) is 1.72. The summed E-state index contributed by atoms with van der Waals surface area (Å²) in [5.41, 5.74) is 0. The van der Waals surface area contributed by atoms with Crippen LogP contribution in [0.2, 0.25) is 0 Å². The molecular formula is C9H16O4. The zero-order chi connectivity index (χ0) is 9.42. The maximum atomic E-state index is 9.83. The van der Waals surface area contributed by atoms with E-state index < -0.39 is 6.10 Å². The number of ether oxygens (including phenoxy) is 3. The van der Waals surface area contributed by atoms with E-state index >= 15 is 0 Å². The molecule has 13 heavy (non-hydrogen) atoms. The van der Waals surface area contributed by atoms with E-state index in [-0.39, 0.29) is 24.4 Å². The largest absolute Gasteiger partial charge is 0.390 e. The molecule has 0 radical (unpaired) electrons. The van der Waals surface area contributed by atoms with Crippen LogP contribution in [0, 0.1) is 5.92 Å². The van der Waals surface area contributed by atoms with Crippen molar-refractivity contribution in [3.8, 4) is 0 Å². The fourth-order valence-electron chi connectivity index (χ4n) is 1.81. The summed E-state index contributed by atoms with van der Waals surface area (Å²) in [6.45, 7) is 4.91. The van der Waals surface area contributed by atoms with Gasteiger partial charge in [0.15, 0.2) is 6.29 Å². The molecule has 4 nitrogen and oxygen atoms in total. The summed E-state index contributed by atoms with van der Waals surface area (Å²) in [5, 5.41) is 9.83. The van der Waals surface area contributed by atoms with Gasteiger partial charge in [-0.2, -0.15) is 0 Å². The summed E-state index contributed by atoms with van der Waals surface area (Å²) in [5.74, 6) is 0.145. The molecule has 2 aliphatic heterocycles. The van der Waals surface area contributed by atoms with Crippen LogP contribution in [0.1, 0.15) is 13.8 Å². The summed E-state index contributed by atoms with van der Waals surface area (Å²) in [7, 11) is 0. The summed E-state index contributed by atoms with van der Waals surface area (Å²) >= 11 is 0. The van der Waals surface area contributed by atoms with Crippen LogP contribution in [0.5, 0.6) is 0 Å². The summed E-state index contributed by atoms with van der Waals surface area (Å²) in [6.07, 6.45) is -0.968. The van der Waals surface area contributed by atoms with Crippen molar-refractivity contribution in [2.45, 2.75) is 38.4 Å². The fraction of sp³-hybridized carbons (Fsp3) is 1.00. The molecule has 2 saturated heterocycles. The van der Waals surface area contributed by atoms with Crippen LogP contribution in [-0.2, 0) is 14.2 Å². The van der Waals surface area contributed by atoms with Gasteiger partial charge in [-0.25, -0.2) is 0 Å². The Balaban J connectivity index is 2.04. The van der Waals surface area contributed by atoms with Crippen molar-refractivity contribution < 1.29 is 19.3 Å². The maximum Gasteiger partial charge on any atom is 0.155 e. The molecular weight excluding hydrogens is 172 g/mol. The molecule has 76 valence electrons. The maximum absolute atomic E-state index is 9.83. The molecule has 2 heterocycles. The second-order valence-corrected chi connectivity index (χ2v) is 3.84. The van der Waals surface area contributed by atoms with Crippen molar-refractivity contribution in [3.05, 3.63) is 0 Å². The number of aliphatic hydroxyl groups excluding tert-OH is 1. The van der Waals surface area contributed by atoms with Gasteiger partial charge in [0.25, 0.3) is 0 Å². The molecule has 1 N–H and O–H groups in total. The first-order valence-corrected chi connectivity index (χ1v) is 4.75. The van der Waals surface area contributed by atoms with Crippen LogP contribution in [0.3, 0.4) is 0 Å². The van der Waals surface area contributed by atoms with Crippen molar-refractivity contribution in [2.24, 2.45) is 5.92 Å². The van der Waals surface area contributed by atoms with Gasteiger partial charge in [0.05, 0.1) is 19.3 Å². The van der Waals surface area contributed by atoms with Crippen LogP contribution < -0.4 is 0 Å². The van der Waals surface area contributed by atoms with Crippen LogP contribution in [0.25, 0.3) is 0 Å². The lowest BCUT2D eigenvalue weighted by atomic mass is 9.93. The van der Waals surface area contributed by atoms with E-state index in [1.165, 1.54) is 0 Å². The Kier molecular flexibility index (Phi) is 2.55. The highest BCUT2D eigenvalue weighted by molar-refractivity contribution is 4.88. The van der Waals surface area contributed by atoms with E-state index in [9.17, 15) is 5.11 Å². The first-order chi connectivity index (χ1) is 6.18. The fourth-order valence-corrected chi connectivity index (χ4v) is 1.81. The minimum Gasteiger partial charge on any atom is -0.390 e. The van der Waals surface area contributed by atoms with E-state index in [0.717, 1.165) is 0 Å². The van der Waals surface area contributed by atoms with Crippen molar-refractivity contribution in [3.63, 3.8) is 0 Å². The molecule has 5 atom stereocenters. The van der Waals surface area contributed by atoms with Gasteiger partial charge in [-0.05, 0) is 6.92 Å². The van der Waals surface area contributed by atoms with Crippen molar-refractivity contribution in [1.82, 2.24) is 0 Å². The smallest absolute Gasteiger partial charge is 0.155 e. The van der Waals surface area contributed by atoms with E-state index in [4.69, 9.17) is 14.2 Å². The standard InChI is InChI=1S/C9H16O4/c1-5-3-12-7-4-11-6(2)13-9(7)8(5)10/h5-10H,3-4H2,1-2H3/t5-,6?,7+,8-,9-/m0/s1. The third-order valence-electron chi connectivity index (χ3n) is 2.70. The van der Waals surface area contributed by atoms with Crippen LogP contribution in [0.4, 0.5) is 0 Å². The summed E-state index contributed by atoms with van der Waals surface area (Å²) < 4.78 is 16.3. The zero-order valence-corrected chi connectivity index (χ0v) is 7.97. The molecule has 4 heteroatoms. The number of aliphatic hydroxyl groups is 1. The molecule has 0 aromatic heterocycles. The molecule has 0 aromatic carbocycles. The first kappa shape index (κ1) is 9.40.